The second kappa shape index (κ2) is 6.45. The van der Waals surface area contributed by atoms with Crippen molar-refractivity contribution in [1.82, 2.24) is 9.78 Å². The van der Waals surface area contributed by atoms with Gasteiger partial charge in [-0.2, -0.15) is 5.10 Å². The molecule has 1 aromatic heterocycles. The van der Waals surface area contributed by atoms with Gasteiger partial charge in [0.15, 0.2) is 0 Å². The van der Waals surface area contributed by atoms with E-state index in [0.717, 1.165) is 21.4 Å². The first kappa shape index (κ1) is 16.2. The molecule has 0 saturated carbocycles. The van der Waals surface area contributed by atoms with Gasteiger partial charge in [0.05, 0.1) is 21.9 Å². The number of nitrogens with two attached hydrogens (primary N) is 1. The van der Waals surface area contributed by atoms with Crippen molar-refractivity contribution in [1.29, 1.82) is 0 Å². The van der Waals surface area contributed by atoms with Crippen LogP contribution in [0.25, 0.3) is 11.3 Å². The van der Waals surface area contributed by atoms with Gasteiger partial charge >= 0.3 is 0 Å². The number of aromatic nitrogens is 2. The fraction of sp³-hybridized carbons (Fsp3) is 0.0588. The molecule has 0 aliphatic carbocycles. The number of nitrogens with one attached hydrogen (secondary N) is 1. The number of primary amides is 1. The highest BCUT2D eigenvalue weighted by Crippen LogP contribution is 2.30. The van der Waals surface area contributed by atoms with E-state index in [9.17, 15) is 9.18 Å². The van der Waals surface area contributed by atoms with E-state index in [1.165, 1.54) is 12.1 Å². The SMILES string of the molecule is Cn1ncc(Br)c1-c1cccc(Nc2ccc(C(N)=O)c(F)c2)c1. The number of aryl methyl sites for hydroxylation is 1. The summed E-state index contributed by atoms with van der Waals surface area (Å²) in [7, 11) is 1.86. The number of carbonyl (C=O) groups excluding carboxylic acids is 1. The third-order valence-corrected chi connectivity index (χ3v) is 4.13. The summed E-state index contributed by atoms with van der Waals surface area (Å²) in [6, 6.07) is 11.9. The van der Waals surface area contributed by atoms with Crippen molar-refractivity contribution in [3.63, 3.8) is 0 Å². The van der Waals surface area contributed by atoms with Gasteiger partial charge in [-0.25, -0.2) is 4.39 Å². The third-order valence-electron chi connectivity index (χ3n) is 3.55. The molecule has 24 heavy (non-hydrogen) atoms. The average Bonchev–Trinajstić information content (AvgIpc) is 2.86. The number of amides is 1. The maximum Gasteiger partial charge on any atom is 0.251 e. The molecule has 0 aliphatic heterocycles. The number of hydrogen-bond donors (Lipinski definition) is 2. The molecule has 3 aromatic rings. The van der Waals surface area contributed by atoms with Gasteiger partial charge in [-0.3, -0.25) is 9.48 Å². The lowest BCUT2D eigenvalue weighted by atomic mass is 10.1. The number of rotatable bonds is 4. The van der Waals surface area contributed by atoms with E-state index in [-0.39, 0.29) is 5.56 Å². The Hall–Kier alpha value is -2.67. The van der Waals surface area contributed by atoms with E-state index < -0.39 is 11.7 Å². The van der Waals surface area contributed by atoms with Crippen molar-refractivity contribution in [3.8, 4) is 11.3 Å². The zero-order chi connectivity index (χ0) is 17.3. The van der Waals surface area contributed by atoms with Gasteiger partial charge in [-0.1, -0.05) is 12.1 Å². The topological polar surface area (TPSA) is 72.9 Å². The lowest BCUT2D eigenvalue weighted by Crippen LogP contribution is -2.13. The summed E-state index contributed by atoms with van der Waals surface area (Å²) in [5, 5.41) is 7.32. The van der Waals surface area contributed by atoms with Crippen LogP contribution in [0.3, 0.4) is 0 Å². The summed E-state index contributed by atoms with van der Waals surface area (Å²) in [6.07, 6.45) is 1.73. The summed E-state index contributed by atoms with van der Waals surface area (Å²) in [6.45, 7) is 0. The quantitative estimate of drug-likeness (QED) is 0.713. The highest BCUT2D eigenvalue weighted by molar-refractivity contribution is 9.10. The first-order valence-corrected chi connectivity index (χ1v) is 7.89. The van der Waals surface area contributed by atoms with Crippen molar-refractivity contribution in [2.75, 3.05) is 5.32 Å². The normalized spacial score (nSPS) is 10.6. The molecule has 3 rings (SSSR count). The summed E-state index contributed by atoms with van der Waals surface area (Å²) < 4.78 is 16.5. The molecule has 1 amide bonds. The lowest BCUT2D eigenvalue weighted by Gasteiger charge is -2.10. The maximum atomic E-state index is 13.9. The molecule has 0 atom stereocenters. The van der Waals surface area contributed by atoms with E-state index in [1.807, 2.05) is 31.3 Å². The monoisotopic (exact) mass is 388 g/mol. The van der Waals surface area contributed by atoms with Crippen LogP contribution in [0.2, 0.25) is 0 Å². The number of hydrogen-bond acceptors (Lipinski definition) is 3. The summed E-state index contributed by atoms with van der Waals surface area (Å²) in [4.78, 5) is 11.1. The van der Waals surface area contributed by atoms with Gasteiger partial charge in [0.1, 0.15) is 5.82 Å². The molecule has 3 N–H and O–H groups in total. The number of carbonyl (C=O) groups is 1. The van der Waals surface area contributed by atoms with Gasteiger partial charge in [0, 0.05) is 24.0 Å². The van der Waals surface area contributed by atoms with E-state index >= 15 is 0 Å². The van der Waals surface area contributed by atoms with Crippen molar-refractivity contribution in [3.05, 3.63) is 64.5 Å². The summed E-state index contributed by atoms with van der Waals surface area (Å²) >= 11 is 3.48. The van der Waals surface area contributed by atoms with Crippen LogP contribution in [0.5, 0.6) is 0 Å². The van der Waals surface area contributed by atoms with Crippen molar-refractivity contribution >= 4 is 33.2 Å². The van der Waals surface area contributed by atoms with Crippen LogP contribution in [0.1, 0.15) is 10.4 Å². The Bertz CT molecular complexity index is 903. The zero-order valence-corrected chi connectivity index (χ0v) is 14.3. The fourth-order valence-electron chi connectivity index (χ4n) is 2.44. The van der Waals surface area contributed by atoms with Gasteiger partial charge in [0.2, 0.25) is 0 Å². The Morgan fingerprint density at radius 1 is 1.25 bits per heavy atom. The number of anilines is 2. The number of halogens is 2. The first-order chi connectivity index (χ1) is 11.5. The Morgan fingerprint density at radius 3 is 2.62 bits per heavy atom. The van der Waals surface area contributed by atoms with Crippen LogP contribution < -0.4 is 11.1 Å². The lowest BCUT2D eigenvalue weighted by molar-refractivity contribution is 0.0996. The van der Waals surface area contributed by atoms with Crippen molar-refractivity contribution in [2.24, 2.45) is 12.8 Å². The molecule has 0 aliphatic rings. The molecule has 0 spiro atoms. The Morgan fingerprint density at radius 2 is 2.00 bits per heavy atom. The molecule has 1 heterocycles. The maximum absolute atomic E-state index is 13.9. The van der Waals surface area contributed by atoms with E-state index in [4.69, 9.17) is 5.73 Å². The van der Waals surface area contributed by atoms with E-state index in [0.29, 0.717) is 5.69 Å². The highest BCUT2D eigenvalue weighted by Gasteiger charge is 2.11. The average molecular weight is 389 g/mol. The number of nitrogens with zero attached hydrogens (tertiary/aromatic N) is 2. The van der Waals surface area contributed by atoms with E-state index in [1.54, 1.807) is 16.9 Å². The molecule has 0 bridgehead atoms. The van der Waals surface area contributed by atoms with Gasteiger partial charge in [0.25, 0.3) is 5.91 Å². The molecule has 2 aromatic carbocycles. The minimum Gasteiger partial charge on any atom is -0.366 e. The van der Waals surface area contributed by atoms with Gasteiger partial charge < -0.3 is 11.1 Å². The molecular weight excluding hydrogens is 375 g/mol. The van der Waals surface area contributed by atoms with Gasteiger partial charge in [-0.05, 0) is 46.3 Å². The summed E-state index contributed by atoms with van der Waals surface area (Å²) in [5.74, 6) is -1.44. The Kier molecular flexibility index (Phi) is 4.35. The standard InChI is InChI=1S/C17H14BrFN4O/c1-23-16(14(18)9-21-23)10-3-2-4-11(7-10)22-12-5-6-13(17(20)24)15(19)8-12/h2-9,22H,1H3,(H2,20,24). The Balaban J connectivity index is 1.91. The van der Waals surface area contributed by atoms with Crippen LogP contribution in [0.4, 0.5) is 15.8 Å². The van der Waals surface area contributed by atoms with Crippen molar-refractivity contribution in [2.45, 2.75) is 0 Å². The van der Waals surface area contributed by atoms with Gasteiger partial charge in [-0.15, -0.1) is 0 Å². The molecule has 0 unspecified atom stereocenters. The predicted octanol–water partition coefficient (Wildman–Crippen LogP) is 3.83. The molecule has 0 saturated heterocycles. The molecule has 122 valence electrons. The first-order valence-electron chi connectivity index (χ1n) is 7.10. The predicted molar refractivity (Wildman–Crippen MR) is 94.5 cm³/mol. The molecular formula is C17H14BrFN4O. The minimum atomic E-state index is -0.790. The molecule has 7 heteroatoms. The second-order valence-electron chi connectivity index (χ2n) is 5.23. The van der Waals surface area contributed by atoms with Crippen LogP contribution in [-0.4, -0.2) is 15.7 Å². The minimum absolute atomic E-state index is 0.131. The smallest absolute Gasteiger partial charge is 0.251 e. The van der Waals surface area contributed by atoms with Crippen LogP contribution >= 0.6 is 15.9 Å². The largest absolute Gasteiger partial charge is 0.366 e. The Labute approximate surface area is 146 Å². The highest BCUT2D eigenvalue weighted by atomic mass is 79.9. The van der Waals surface area contributed by atoms with Crippen LogP contribution in [0.15, 0.2) is 53.1 Å². The molecule has 5 nitrogen and oxygen atoms in total. The molecule has 0 fully saturated rings. The summed E-state index contributed by atoms with van der Waals surface area (Å²) in [5.41, 5.74) is 8.19. The van der Waals surface area contributed by atoms with Crippen LogP contribution in [-0.2, 0) is 7.05 Å². The number of benzene rings is 2. The third kappa shape index (κ3) is 3.16. The van der Waals surface area contributed by atoms with Crippen molar-refractivity contribution < 1.29 is 9.18 Å². The second-order valence-corrected chi connectivity index (χ2v) is 6.08. The van der Waals surface area contributed by atoms with Crippen LogP contribution in [0, 0.1) is 5.82 Å². The fourth-order valence-corrected chi connectivity index (χ4v) is 3.02. The zero-order valence-electron chi connectivity index (χ0n) is 12.8. The molecule has 0 radical (unpaired) electrons. The van der Waals surface area contributed by atoms with E-state index in [2.05, 4.69) is 26.3 Å².